The number of rotatable bonds is 6. The van der Waals surface area contributed by atoms with Crippen LogP contribution in [0.3, 0.4) is 0 Å². The Morgan fingerprint density at radius 2 is 2.28 bits per heavy atom. The van der Waals surface area contributed by atoms with E-state index in [0.717, 1.165) is 7.11 Å². The number of nitrogens with two attached hydrogens (primary N) is 1. The van der Waals surface area contributed by atoms with Gasteiger partial charge >= 0.3 is 6.09 Å². The summed E-state index contributed by atoms with van der Waals surface area (Å²) in [6.07, 6.45) is -1.21. The van der Waals surface area contributed by atoms with Crippen molar-refractivity contribution >= 4 is 29.4 Å². The summed E-state index contributed by atoms with van der Waals surface area (Å²) in [5.41, 5.74) is 4.52. The van der Waals surface area contributed by atoms with E-state index >= 15 is 4.39 Å². The lowest BCUT2D eigenvalue weighted by Crippen LogP contribution is -2.54. The Labute approximate surface area is 188 Å². The predicted octanol–water partition coefficient (Wildman–Crippen LogP) is 2.37. The number of aromatic nitrogens is 2. The third-order valence-electron chi connectivity index (χ3n) is 5.51. The number of nitrogens with one attached hydrogen (secondary N) is 1. The minimum atomic E-state index is -1.54. The van der Waals surface area contributed by atoms with Crippen molar-refractivity contribution in [1.82, 2.24) is 14.7 Å². The maximum absolute atomic E-state index is 15.6. The molecular weight excluding hydrogens is 443 g/mol. The van der Waals surface area contributed by atoms with Crippen LogP contribution in [0.25, 0.3) is 0 Å². The number of piperidine rings is 1. The summed E-state index contributed by atoms with van der Waals surface area (Å²) in [5, 5.41) is 26.0. The average Bonchev–Trinajstić information content (AvgIpc) is 3.17. The quantitative estimate of drug-likeness (QED) is 0.594. The smallest absolute Gasteiger partial charge is 0.412 e. The fraction of sp³-hybridized carbons (Fsp3) is 0.400. The number of amides is 2. The molecule has 1 aromatic heterocycles. The van der Waals surface area contributed by atoms with Crippen LogP contribution >= 0.6 is 11.6 Å². The van der Waals surface area contributed by atoms with Crippen molar-refractivity contribution in [2.24, 2.45) is 5.73 Å². The lowest BCUT2D eigenvalue weighted by atomic mass is 9.83. The molecule has 0 saturated carbocycles. The number of nitriles is 1. The van der Waals surface area contributed by atoms with Gasteiger partial charge in [-0.15, -0.1) is 0 Å². The first kappa shape index (κ1) is 23.3. The molecule has 2 heterocycles. The first-order valence-electron chi connectivity index (χ1n) is 9.66. The van der Waals surface area contributed by atoms with Crippen LogP contribution in [-0.4, -0.2) is 58.2 Å². The Balaban J connectivity index is 1.88. The van der Waals surface area contributed by atoms with Crippen LogP contribution in [0.4, 0.5) is 15.0 Å². The van der Waals surface area contributed by atoms with Gasteiger partial charge in [0, 0.05) is 30.9 Å². The highest BCUT2D eigenvalue weighted by Crippen LogP contribution is 2.37. The summed E-state index contributed by atoms with van der Waals surface area (Å²) < 4.78 is 21.3. The van der Waals surface area contributed by atoms with Crippen molar-refractivity contribution in [3.63, 3.8) is 0 Å². The number of carbonyl (C=O) groups excluding carboxylic acids is 2. The van der Waals surface area contributed by atoms with Gasteiger partial charge in [0.2, 0.25) is 0 Å². The zero-order valence-corrected chi connectivity index (χ0v) is 18.0. The Morgan fingerprint density at radius 3 is 2.91 bits per heavy atom. The molecule has 10 nitrogen and oxygen atoms in total. The second-order valence-electron chi connectivity index (χ2n) is 7.48. The zero-order chi connectivity index (χ0) is 23.5. The van der Waals surface area contributed by atoms with Gasteiger partial charge in [-0.1, -0.05) is 11.6 Å². The van der Waals surface area contributed by atoms with Gasteiger partial charge in [-0.2, -0.15) is 10.4 Å². The first-order chi connectivity index (χ1) is 15.2. The van der Waals surface area contributed by atoms with Crippen molar-refractivity contribution in [2.45, 2.75) is 31.1 Å². The number of hydrogen-bond donors (Lipinski definition) is 3. The SMILES string of the molecule is COC(=O)Nc1nn(C2(CC#N)CCN(Cc3cc(O)ccc3Cl)CC2F)cc1C(N)=O. The highest BCUT2D eigenvalue weighted by Gasteiger charge is 2.46. The van der Waals surface area contributed by atoms with Crippen LogP contribution in [0.1, 0.15) is 28.8 Å². The lowest BCUT2D eigenvalue weighted by molar-refractivity contribution is 0.00693. The molecule has 2 aromatic rings. The molecular formula is C20H22ClFN6O4. The first-order valence-corrected chi connectivity index (χ1v) is 10.0. The van der Waals surface area contributed by atoms with Gasteiger partial charge in [-0.25, -0.2) is 9.18 Å². The van der Waals surface area contributed by atoms with Crippen molar-refractivity contribution < 1.29 is 23.8 Å². The average molecular weight is 465 g/mol. The normalized spacial score (nSPS) is 21.0. The molecule has 2 amide bonds. The van der Waals surface area contributed by atoms with E-state index in [4.69, 9.17) is 17.3 Å². The molecule has 1 aromatic carbocycles. The van der Waals surface area contributed by atoms with E-state index in [0.29, 0.717) is 23.7 Å². The van der Waals surface area contributed by atoms with E-state index in [2.05, 4.69) is 15.2 Å². The fourth-order valence-corrected chi connectivity index (χ4v) is 3.94. The largest absolute Gasteiger partial charge is 0.508 e. The number of aromatic hydroxyl groups is 1. The van der Waals surface area contributed by atoms with Crippen molar-refractivity contribution in [1.29, 1.82) is 5.26 Å². The molecule has 4 N–H and O–H groups in total. The number of primary amides is 1. The molecule has 1 aliphatic heterocycles. The van der Waals surface area contributed by atoms with E-state index in [1.807, 2.05) is 11.0 Å². The van der Waals surface area contributed by atoms with Gasteiger partial charge in [0.15, 0.2) is 5.82 Å². The molecule has 0 spiro atoms. The van der Waals surface area contributed by atoms with Crippen LogP contribution < -0.4 is 11.1 Å². The molecule has 0 radical (unpaired) electrons. The molecule has 170 valence electrons. The second kappa shape index (κ2) is 9.42. The molecule has 0 aliphatic carbocycles. The molecule has 1 aliphatic rings. The number of likely N-dealkylation sites (tertiary alicyclic amines) is 1. The van der Waals surface area contributed by atoms with Gasteiger partial charge in [0.1, 0.15) is 23.0 Å². The second-order valence-corrected chi connectivity index (χ2v) is 7.89. The Bertz CT molecular complexity index is 1070. The highest BCUT2D eigenvalue weighted by molar-refractivity contribution is 6.31. The summed E-state index contributed by atoms with van der Waals surface area (Å²) in [5.74, 6) is -0.998. The van der Waals surface area contributed by atoms with Crippen LogP contribution in [0.5, 0.6) is 5.75 Å². The number of halogens is 2. The van der Waals surface area contributed by atoms with E-state index in [-0.39, 0.29) is 36.5 Å². The zero-order valence-electron chi connectivity index (χ0n) is 17.2. The summed E-state index contributed by atoms with van der Waals surface area (Å²) in [6, 6.07) is 6.54. The van der Waals surface area contributed by atoms with Crippen LogP contribution in [0.15, 0.2) is 24.4 Å². The monoisotopic (exact) mass is 464 g/mol. The number of alkyl halides is 1. The van der Waals surface area contributed by atoms with E-state index in [1.165, 1.54) is 23.0 Å². The predicted molar refractivity (Wildman–Crippen MR) is 113 cm³/mol. The standard InChI is InChI=1S/C20H22ClFN6O4/c1-32-19(31)25-18-14(17(24)30)10-28(26-18)20(4-6-23)5-7-27(11-16(20)22)9-12-8-13(29)2-3-15(12)21/h2-3,8,10,16,29H,4-5,7,9,11H2,1H3,(H2,24,30)(H,25,26,31). The minimum Gasteiger partial charge on any atom is -0.508 e. The van der Waals surface area contributed by atoms with Gasteiger partial charge in [-0.3, -0.25) is 19.7 Å². The number of phenolic OH excluding ortho intramolecular Hbond substituents is 1. The minimum absolute atomic E-state index is 0.0425. The molecule has 3 rings (SSSR count). The van der Waals surface area contributed by atoms with Crippen LogP contribution in [0.2, 0.25) is 5.02 Å². The van der Waals surface area contributed by atoms with Crippen molar-refractivity contribution in [3.8, 4) is 11.8 Å². The summed E-state index contributed by atoms with van der Waals surface area (Å²) in [4.78, 5) is 25.2. The van der Waals surface area contributed by atoms with Crippen molar-refractivity contribution in [3.05, 3.63) is 40.5 Å². The van der Waals surface area contributed by atoms with E-state index < -0.39 is 23.7 Å². The van der Waals surface area contributed by atoms with Crippen molar-refractivity contribution in [2.75, 3.05) is 25.5 Å². The van der Waals surface area contributed by atoms with Gasteiger partial charge in [-0.05, 0) is 30.2 Å². The van der Waals surface area contributed by atoms with E-state index in [1.54, 1.807) is 6.07 Å². The lowest BCUT2D eigenvalue weighted by Gasteiger charge is -2.43. The van der Waals surface area contributed by atoms with Gasteiger partial charge in [0.25, 0.3) is 5.91 Å². The Hall–Kier alpha value is -3.36. The summed E-state index contributed by atoms with van der Waals surface area (Å²) in [7, 11) is 1.14. The van der Waals surface area contributed by atoms with Crippen LogP contribution in [0, 0.1) is 11.3 Å². The number of carbonyl (C=O) groups is 2. The summed E-state index contributed by atoms with van der Waals surface area (Å²) in [6.45, 7) is 0.649. The number of phenols is 1. The number of benzene rings is 1. The fourth-order valence-electron chi connectivity index (χ4n) is 3.76. The number of nitrogens with zero attached hydrogens (tertiary/aromatic N) is 4. The topological polar surface area (TPSA) is 146 Å². The Morgan fingerprint density at radius 1 is 1.53 bits per heavy atom. The highest BCUT2D eigenvalue weighted by atomic mass is 35.5. The molecule has 2 unspecified atom stereocenters. The van der Waals surface area contributed by atoms with Crippen LogP contribution in [-0.2, 0) is 16.8 Å². The Kier molecular flexibility index (Phi) is 6.86. The van der Waals surface area contributed by atoms with E-state index in [9.17, 15) is 20.0 Å². The molecule has 12 heteroatoms. The number of hydrogen-bond acceptors (Lipinski definition) is 7. The third kappa shape index (κ3) is 4.61. The molecule has 1 saturated heterocycles. The number of ether oxygens (including phenoxy) is 1. The third-order valence-corrected chi connectivity index (χ3v) is 5.88. The molecule has 2 atom stereocenters. The molecule has 0 bridgehead atoms. The maximum Gasteiger partial charge on any atom is 0.412 e. The molecule has 32 heavy (non-hydrogen) atoms. The van der Waals surface area contributed by atoms with Gasteiger partial charge in [0.05, 0.1) is 19.6 Å². The summed E-state index contributed by atoms with van der Waals surface area (Å²) >= 11 is 6.18. The van der Waals surface area contributed by atoms with Gasteiger partial charge < -0.3 is 15.6 Å². The maximum atomic E-state index is 15.6. The number of anilines is 1. The number of methoxy groups -OCH3 is 1. The molecule has 1 fully saturated rings.